The Morgan fingerprint density at radius 3 is 2.65 bits per heavy atom. The van der Waals surface area contributed by atoms with Crippen LogP contribution in [0.1, 0.15) is 36.6 Å². The number of nitrogens with zero attached hydrogens (tertiary/aromatic N) is 1. The van der Waals surface area contributed by atoms with Crippen molar-refractivity contribution in [2.45, 2.75) is 31.7 Å². The first-order valence-corrected chi connectivity index (χ1v) is 11.0. The molecule has 0 spiro atoms. The van der Waals surface area contributed by atoms with Crippen molar-refractivity contribution in [1.82, 2.24) is 10.2 Å². The second kappa shape index (κ2) is 10.3. The lowest BCUT2D eigenvalue weighted by Crippen LogP contribution is -2.36. The first-order chi connectivity index (χ1) is 15.2. The van der Waals surface area contributed by atoms with Gasteiger partial charge in [0.25, 0.3) is 0 Å². The molecule has 31 heavy (non-hydrogen) atoms. The Morgan fingerprint density at radius 2 is 1.87 bits per heavy atom. The average Bonchev–Trinajstić information content (AvgIpc) is 3.51. The van der Waals surface area contributed by atoms with Crippen molar-refractivity contribution in [2.75, 3.05) is 26.7 Å². The molecule has 1 unspecified atom stereocenters. The summed E-state index contributed by atoms with van der Waals surface area (Å²) in [5.74, 6) is 2.56. The zero-order valence-corrected chi connectivity index (χ0v) is 18.0. The van der Waals surface area contributed by atoms with E-state index in [-0.39, 0.29) is 11.9 Å². The number of amides is 1. The molecular formula is C26H30N2O3. The van der Waals surface area contributed by atoms with Crippen molar-refractivity contribution >= 4 is 5.91 Å². The number of aryl methyl sites for hydroxylation is 1. The van der Waals surface area contributed by atoms with Crippen LogP contribution >= 0.6 is 0 Å². The van der Waals surface area contributed by atoms with Gasteiger partial charge in [-0.25, -0.2) is 0 Å². The Hall–Kier alpha value is -3.05. The van der Waals surface area contributed by atoms with Crippen molar-refractivity contribution in [2.24, 2.45) is 0 Å². The van der Waals surface area contributed by atoms with E-state index in [0.717, 1.165) is 35.9 Å². The molecule has 1 N–H and O–H groups in total. The molecule has 1 saturated heterocycles. The summed E-state index contributed by atoms with van der Waals surface area (Å²) in [4.78, 5) is 15.0. The third-order valence-corrected chi connectivity index (χ3v) is 5.87. The van der Waals surface area contributed by atoms with Crippen molar-refractivity contribution in [3.63, 3.8) is 0 Å². The molecule has 0 radical (unpaired) electrons. The predicted octanol–water partition coefficient (Wildman–Crippen LogP) is 4.84. The quantitative estimate of drug-likeness (QED) is 0.540. The average molecular weight is 419 g/mol. The summed E-state index contributed by atoms with van der Waals surface area (Å²) in [6.07, 6.45) is 3.41. The third-order valence-electron chi connectivity index (χ3n) is 5.87. The largest absolute Gasteiger partial charge is 0.497 e. The molecule has 1 aromatic heterocycles. The number of rotatable bonds is 9. The standard InChI is InChI=1S/C26H30N2O3/c1-30-23-11-7-10-21(18-23)24(28-16-5-6-17-28)19-27-26(29)15-13-22-12-14-25(31-22)20-8-3-2-4-9-20/h2-4,7-12,14,18,24H,5-6,13,15-17,19H2,1H3,(H,27,29). The Balaban J connectivity index is 1.33. The molecular weight excluding hydrogens is 388 g/mol. The number of carbonyl (C=O) groups excluding carboxylic acids is 1. The van der Waals surface area contributed by atoms with Crippen molar-refractivity contribution in [3.05, 3.63) is 78.1 Å². The van der Waals surface area contributed by atoms with E-state index in [1.165, 1.54) is 18.4 Å². The van der Waals surface area contributed by atoms with E-state index in [9.17, 15) is 4.79 Å². The zero-order valence-electron chi connectivity index (χ0n) is 18.0. The number of ether oxygens (including phenoxy) is 1. The van der Waals surface area contributed by atoms with E-state index in [4.69, 9.17) is 9.15 Å². The first kappa shape index (κ1) is 21.2. The Morgan fingerprint density at radius 1 is 1.06 bits per heavy atom. The molecule has 1 atom stereocenters. The molecule has 162 valence electrons. The molecule has 2 heterocycles. The minimum absolute atomic E-state index is 0.0461. The number of furan rings is 1. The van der Waals surface area contributed by atoms with E-state index in [1.54, 1.807) is 7.11 Å². The van der Waals surface area contributed by atoms with Crippen molar-refractivity contribution < 1.29 is 13.9 Å². The van der Waals surface area contributed by atoms with Gasteiger partial charge in [-0.1, -0.05) is 42.5 Å². The van der Waals surface area contributed by atoms with Crippen molar-refractivity contribution in [3.8, 4) is 17.1 Å². The maximum atomic E-state index is 12.6. The summed E-state index contributed by atoms with van der Waals surface area (Å²) in [5, 5.41) is 3.14. The number of hydrogen-bond donors (Lipinski definition) is 1. The van der Waals surface area contributed by atoms with Gasteiger partial charge in [-0.05, 0) is 55.8 Å². The molecule has 1 aliphatic rings. The smallest absolute Gasteiger partial charge is 0.220 e. The first-order valence-electron chi connectivity index (χ1n) is 11.0. The molecule has 0 saturated carbocycles. The molecule has 1 amide bonds. The highest BCUT2D eigenvalue weighted by molar-refractivity contribution is 5.76. The van der Waals surface area contributed by atoms with Gasteiger partial charge in [0.1, 0.15) is 17.3 Å². The van der Waals surface area contributed by atoms with Gasteiger partial charge in [-0.3, -0.25) is 9.69 Å². The van der Waals surface area contributed by atoms with Crippen LogP contribution in [0.4, 0.5) is 0 Å². The van der Waals surface area contributed by atoms with Crippen LogP contribution in [0.15, 0.2) is 71.1 Å². The van der Waals surface area contributed by atoms with Gasteiger partial charge in [0.15, 0.2) is 0 Å². The Kier molecular flexibility index (Phi) is 7.05. The molecule has 0 aliphatic carbocycles. The number of nitrogens with one attached hydrogen (secondary N) is 1. The molecule has 1 fully saturated rings. The van der Waals surface area contributed by atoms with E-state index in [1.807, 2.05) is 54.6 Å². The van der Waals surface area contributed by atoms with Crippen molar-refractivity contribution in [1.29, 1.82) is 0 Å². The van der Waals surface area contributed by atoms with Crippen LogP contribution in [0.2, 0.25) is 0 Å². The topological polar surface area (TPSA) is 54.7 Å². The number of hydrogen-bond acceptors (Lipinski definition) is 4. The van der Waals surface area contributed by atoms with Crippen LogP contribution in [-0.2, 0) is 11.2 Å². The minimum atomic E-state index is 0.0461. The second-order valence-electron chi connectivity index (χ2n) is 7.97. The Bertz CT molecular complexity index is 977. The van der Waals surface area contributed by atoms with E-state index < -0.39 is 0 Å². The summed E-state index contributed by atoms with van der Waals surface area (Å²) >= 11 is 0. The van der Waals surface area contributed by atoms with Gasteiger partial charge in [0, 0.05) is 24.9 Å². The van der Waals surface area contributed by atoms with Gasteiger partial charge >= 0.3 is 0 Å². The summed E-state index contributed by atoms with van der Waals surface area (Å²) in [6, 6.07) is 22.2. The Labute approximate surface area is 184 Å². The van der Waals surface area contributed by atoms with Gasteiger partial charge in [0.05, 0.1) is 13.2 Å². The van der Waals surface area contributed by atoms with Crippen LogP contribution in [0.3, 0.4) is 0 Å². The highest BCUT2D eigenvalue weighted by atomic mass is 16.5. The molecule has 3 aromatic rings. The normalized spacial score (nSPS) is 15.0. The third kappa shape index (κ3) is 5.56. The lowest BCUT2D eigenvalue weighted by atomic mass is 10.0. The SMILES string of the molecule is COc1cccc(C(CNC(=O)CCc2ccc(-c3ccccc3)o2)N2CCCC2)c1. The number of benzene rings is 2. The van der Waals surface area contributed by atoms with E-state index in [2.05, 4.69) is 22.3 Å². The van der Waals surface area contributed by atoms with Crippen LogP contribution in [0, 0.1) is 0 Å². The molecule has 1 aliphatic heterocycles. The van der Waals surface area contributed by atoms with Gasteiger partial charge in [0.2, 0.25) is 5.91 Å². The number of likely N-dealkylation sites (tertiary alicyclic amines) is 1. The second-order valence-corrected chi connectivity index (χ2v) is 7.97. The fraction of sp³-hybridized carbons (Fsp3) is 0.346. The number of carbonyl (C=O) groups is 1. The van der Waals surface area contributed by atoms with Gasteiger partial charge in [-0.15, -0.1) is 0 Å². The van der Waals surface area contributed by atoms with Gasteiger partial charge < -0.3 is 14.5 Å². The lowest BCUT2D eigenvalue weighted by Gasteiger charge is -2.28. The molecule has 0 bridgehead atoms. The monoisotopic (exact) mass is 418 g/mol. The minimum Gasteiger partial charge on any atom is -0.497 e. The lowest BCUT2D eigenvalue weighted by molar-refractivity contribution is -0.121. The summed E-state index contributed by atoms with van der Waals surface area (Å²) < 4.78 is 11.3. The summed E-state index contributed by atoms with van der Waals surface area (Å²) in [6.45, 7) is 2.72. The maximum absolute atomic E-state index is 12.6. The number of methoxy groups -OCH3 is 1. The highest BCUT2D eigenvalue weighted by Gasteiger charge is 2.24. The molecule has 2 aromatic carbocycles. The van der Waals surface area contributed by atoms with Crippen LogP contribution in [-0.4, -0.2) is 37.6 Å². The molecule has 4 rings (SSSR count). The summed E-state index contributed by atoms with van der Waals surface area (Å²) in [5.41, 5.74) is 2.23. The zero-order chi connectivity index (χ0) is 21.5. The van der Waals surface area contributed by atoms with E-state index >= 15 is 0 Å². The molecule has 5 nitrogen and oxygen atoms in total. The van der Waals surface area contributed by atoms with Crippen LogP contribution < -0.4 is 10.1 Å². The predicted molar refractivity (Wildman–Crippen MR) is 122 cm³/mol. The van der Waals surface area contributed by atoms with E-state index in [0.29, 0.717) is 19.4 Å². The van der Waals surface area contributed by atoms with Crippen LogP contribution in [0.5, 0.6) is 5.75 Å². The van der Waals surface area contributed by atoms with Crippen LogP contribution in [0.25, 0.3) is 11.3 Å². The fourth-order valence-electron chi connectivity index (χ4n) is 4.17. The fourth-order valence-corrected chi connectivity index (χ4v) is 4.17. The highest BCUT2D eigenvalue weighted by Crippen LogP contribution is 2.27. The maximum Gasteiger partial charge on any atom is 0.220 e. The van der Waals surface area contributed by atoms with Gasteiger partial charge in [-0.2, -0.15) is 0 Å². The molecule has 5 heteroatoms. The summed E-state index contributed by atoms with van der Waals surface area (Å²) in [7, 11) is 1.68.